The van der Waals surface area contributed by atoms with E-state index in [1.54, 1.807) is 0 Å². The summed E-state index contributed by atoms with van der Waals surface area (Å²) in [5.41, 5.74) is -0.627. The molecule has 0 spiro atoms. The summed E-state index contributed by atoms with van der Waals surface area (Å²) in [6.07, 6.45) is 0.167. The Bertz CT molecular complexity index is 1450. The van der Waals surface area contributed by atoms with Crippen LogP contribution in [0.25, 0.3) is 10.9 Å². The molecule has 0 radical (unpaired) electrons. The second kappa shape index (κ2) is 7.93. The van der Waals surface area contributed by atoms with Crippen molar-refractivity contribution in [3.05, 3.63) is 92.4 Å². The highest BCUT2D eigenvalue weighted by Gasteiger charge is 2.20. The fourth-order valence-corrected chi connectivity index (χ4v) is 4.66. The van der Waals surface area contributed by atoms with E-state index in [9.17, 15) is 22.4 Å². The van der Waals surface area contributed by atoms with Gasteiger partial charge in [0.2, 0.25) is 0 Å². The largest absolute Gasteiger partial charge is 0.478 e. The van der Waals surface area contributed by atoms with E-state index in [2.05, 4.69) is 9.82 Å². The van der Waals surface area contributed by atoms with E-state index in [4.69, 9.17) is 5.11 Å². The van der Waals surface area contributed by atoms with Crippen molar-refractivity contribution < 1.29 is 22.7 Å². The summed E-state index contributed by atoms with van der Waals surface area (Å²) in [5.74, 6) is -1.74. The summed E-state index contributed by atoms with van der Waals surface area (Å²) in [7, 11) is -4.27. The van der Waals surface area contributed by atoms with Gasteiger partial charge in [0.05, 0.1) is 21.4 Å². The zero-order valence-corrected chi connectivity index (χ0v) is 17.3. The number of hydrogen-bond donors (Lipinski definition) is 2. The topological polar surface area (TPSA) is 118 Å². The SMILES string of the molecule is O=C(O)c1ccc(S(=O)(=O)Nn2c(Cc3cccs3)nc3ccc(F)cc3c2=O)cc1. The van der Waals surface area contributed by atoms with Gasteiger partial charge < -0.3 is 5.11 Å². The van der Waals surface area contributed by atoms with Gasteiger partial charge in [-0.05, 0) is 53.9 Å². The van der Waals surface area contributed by atoms with Crippen LogP contribution in [0.4, 0.5) is 4.39 Å². The van der Waals surface area contributed by atoms with Crippen molar-refractivity contribution in [2.24, 2.45) is 0 Å². The number of carbonyl (C=O) groups is 1. The molecule has 0 fully saturated rings. The van der Waals surface area contributed by atoms with Crippen LogP contribution < -0.4 is 10.4 Å². The molecule has 0 unspecified atom stereocenters. The van der Waals surface area contributed by atoms with Gasteiger partial charge in [-0.15, -0.1) is 11.3 Å². The van der Waals surface area contributed by atoms with Crippen LogP contribution in [0.5, 0.6) is 0 Å². The highest BCUT2D eigenvalue weighted by Crippen LogP contribution is 2.17. The predicted octanol–water partition coefficient (Wildman–Crippen LogP) is 2.82. The van der Waals surface area contributed by atoms with E-state index >= 15 is 0 Å². The number of halogens is 1. The lowest BCUT2D eigenvalue weighted by Crippen LogP contribution is -2.36. The number of nitrogens with one attached hydrogen (secondary N) is 1. The normalized spacial score (nSPS) is 11.5. The van der Waals surface area contributed by atoms with Gasteiger partial charge in [0.1, 0.15) is 11.6 Å². The van der Waals surface area contributed by atoms with Crippen molar-refractivity contribution in [3.8, 4) is 0 Å². The van der Waals surface area contributed by atoms with Crippen LogP contribution in [0.1, 0.15) is 21.1 Å². The molecule has 158 valence electrons. The van der Waals surface area contributed by atoms with Gasteiger partial charge in [-0.2, -0.15) is 13.1 Å². The predicted molar refractivity (Wildman–Crippen MR) is 113 cm³/mol. The number of benzene rings is 2. The van der Waals surface area contributed by atoms with E-state index in [1.165, 1.54) is 23.5 Å². The van der Waals surface area contributed by atoms with Crippen molar-refractivity contribution >= 4 is 38.2 Å². The Balaban J connectivity index is 1.83. The van der Waals surface area contributed by atoms with Crippen LogP contribution in [-0.4, -0.2) is 29.2 Å². The van der Waals surface area contributed by atoms with E-state index in [0.717, 1.165) is 39.9 Å². The number of nitrogens with zero attached hydrogens (tertiary/aromatic N) is 2. The Morgan fingerprint density at radius 1 is 1.16 bits per heavy atom. The number of carboxylic acid groups (broad SMARTS) is 1. The molecular formula is C20H14FN3O5S2. The maximum absolute atomic E-state index is 13.7. The molecule has 4 aromatic rings. The number of aromatic carboxylic acids is 1. The molecule has 0 atom stereocenters. The number of aromatic nitrogens is 2. The molecule has 0 amide bonds. The van der Waals surface area contributed by atoms with E-state index in [0.29, 0.717) is 0 Å². The Hall–Kier alpha value is -3.57. The number of hydrogen-bond acceptors (Lipinski definition) is 6. The van der Waals surface area contributed by atoms with Gasteiger partial charge in [-0.3, -0.25) is 4.79 Å². The highest BCUT2D eigenvalue weighted by molar-refractivity contribution is 7.92. The smallest absolute Gasteiger partial charge is 0.335 e. The summed E-state index contributed by atoms with van der Waals surface area (Å²) in [6, 6.07) is 11.7. The molecule has 31 heavy (non-hydrogen) atoms. The van der Waals surface area contributed by atoms with Gasteiger partial charge in [-0.25, -0.2) is 19.0 Å². The van der Waals surface area contributed by atoms with Crippen LogP contribution in [0.2, 0.25) is 0 Å². The minimum atomic E-state index is -4.27. The quantitative estimate of drug-likeness (QED) is 0.458. The van der Waals surface area contributed by atoms with E-state index in [1.807, 2.05) is 17.5 Å². The zero-order chi connectivity index (χ0) is 22.2. The number of thiophene rings is 1. The van der Waals surface area contributed by atoms with Crippen molar-refractivity contribution in [2.75, 3.05) is 4.83 Å². The van der Waals surface area contributed by atoms with Gasteiger partial charge in [-0.1, -0.05) is 6.07 Å². The minimum absolute atomic E-state index is 0.0844. The van der Waals surface area contributed by atoms with Gasteiger partial charge in [0.25, 0.3) is 15.6 Å². The van der Waals surface area contributed by atoms with E-state index in [-0.39, 0.29) is 33.6 Å². The fraction of sp³-hybridized carbons (Fsp3) is 0.0500. The Kier molecular flexibility index (Phi) is 5.29. The van der Waals surface area contributed by atoms with Gasteiger partial charge in [0.15, 0.2) is 0 Å². The summed E-state index contributed by atoms with van der Waals surface area (Å²) < 4.78 is 40.2. The first-order chi connectivity index (χ1) is 14.7. The Morgan fingerprint density at radius 3 is 2.55 bits per heavy atom. The molecule has 2 aromatic heterocycles. The lowest BCUT2D eigenvalue weighted by Gasteiger charge is -2.15. The molecule has 2 heterocycles. The van der Waals surface area contributed by atoms with E-state index < -0.39 is 27.4 Å². The average Bonchev–Trinajstić information content (AvgIpc) is 3.24. The first kappa shape index (κ1) is 20.7. The molecule has 2 N–H and O–H groups in total. The summed E-state index contributed by atoms with van der Waals surface area (Å²) in [4.78, 5) is 31.2. The summed E-state index contributed by atoms with van der Waals surface area (Å²) in [5, 5.41) is 10.7. The first-order valence-corrected chi connectivity index (χ1v) is 11.2. The summed E-state index contributed by atoms with van der Waals surface area (Å²) in [6.45, 7) is 0. The van der Waals surface area contributed by atoms with Crippen molar-refractivity contribution in [1.82, 2.24) is 9.66 Å². The molecule has 0 aliphatic carbocycles. The number of rotatable bonds is 6. The molecule has 2 aromatic carbocycles. The summed E-state index contributed by atoms with van der Waals surface area (Å²) >= 11 is 1.41. The molecule has 0 bridgehead atoms. The standard InChI is InChI=1S/C20H14FN3O5S2/c21-13-5-8-17-16(10-13)19(25)24(18(22-17)11-14-2-1-9-30-14)23-31(28,29)15-6-3-12(4-7-15)20(26)27/h1-10,23H,11H2,(H,26,27). The Morgan fingerprint density at radius 2 is 1.90 bits per heavy atom. The lowest BCUT2D eigenvalue weighted by atomic mass is 10.2. The third-order valence-corrected chi connectivity index (χ3v) is 6.63. The lowest BCUT2D eigenvalue weighted by molar-refractivity contribution is 0.0696. The van der Waals surface area contributed by atoms with Crippen molar-refractivity contribution in [2.45, 2.75) is 11.3 Å². The maximum atomic E-state index is 13.7. The van der Waals surface area contributed by atoms with Gasteiger partial charge in [0, 0.05) is 11.3 Å². The third-order valence-electron chi connectivity index (χ3n) is 4.44. The second-order valence-corrected chi connectivity index (χ2v) is 9.20. The van der Waals surface area contributed by atoms with Crippen LogP contribution in [0.3, 0.4) is 0 Å². The van der Waals surface area contributed by atoms with Gasteiger partial charge >= 0.3 is 5.97 Å². The van der Waals surface area contributed by atoms with Crippen molar-refractivity contribution in [3.63, 3.8) is 0 Å². The minimum Gasteiger partial charge on any atom is -0.478 e. The average molecular weight is 459 g/mol. The van der Waals surface area contributed by atoms with Crippen LogP contribution >= 0.6 is 11.3 Å². The third kappa shape index (κ3) is 4.18. The molecular weight excluding hydrogens is 445 g/mol. The molecule has 0 aliphatic rings. The number of carboxylic acids is 1. The maximum Gasteiger partial charge on any atom is 0.335 e. The monoisotopic (exact) mass is 459 g/mol. The van der Waals surface area contributed by atoms with Crippen LogP contribution in [0.15, 0.2) is 69.7 Å². The van der Waals surface area contributed by atoms with Crippen molar-refractivity contribution in [1.29, 1.82) is 0 Å². The first-order valence-electron chi connectivity index (χ1n) is 8.84. The highest BCUT2D eigenvalue weighted by atomic mass is 32.2. The molecule has 0 saturated carbocycles. The number of sulfonamides is 1. The Labute approximate surface area is 179 Å². The fourth-order valence-electron chi connectivity index (χ4n) is 2.94. The molecule has 0 aliphatic heterocycles. The zero-order valence-electron chi connectivity index (χ0n) is 15.6. The molecule has 4 rings (SSSR count). The molecule has 8 nitrogen and oxygen atoms in total. The number of fused-ring (bicyclic) bond motifs is 1. The van der Waals surface area contributed by atoms with Crippen LogP contribution in [0, 0.1) is 5.82 Å². The molecule has 0 saturated heterocycles. The second-order valence-electron chi connectivity index (χ2n) is 6.51. The molecule has 11 heteroatoms. The van der Waals surface area contributed by atoms with Crippen LogP contribution in [-0.2, 0) is 16.4 Å².